The van der Waals surface area contributed by atoms with E-state index >= 15 is 0 Å². The van der Waals surface area contributed by atoms with Gasteiger partial charge in [0.25, 0.3) is 5.91 Å². The van der Waals surface area contributed by atoms with Crippen LogP contribution in [0.4, 0.5) is 0 Å². The molecule has 1 aliphatic heterocycles. The van der Waals surface area contributed by atoms with Crippen molar-refractivity contribution in [3.05, 3.63) is 65.7 Å². The number of nitriles is 1. The van der Waals surface area contributed by atoms with Crippen molar-refractivity contribution < 1.29 is 13.2 Å². The van der Waals surface area contributed by atoms with Gasteiger partial charge in [0.05, 0.1) is 21.8 Å². The first-order valence-corrected chi connectivity index (χ1v) is 9.65. The minimum absolute atomic E-state index is 0.125. The maximum absolute atomic E-state index is 12.7. The average Bonchev–Trinajstić information content (AvgIpc) is 2.68. The number of hydrogen-bond acceptors (Lipinski definition) is 4. The van der Waals surface area contributed by atoms with Gasteiger partial charge in [-0.2, -0.15) is 5.26 Å². The van der Waals surface area contributed by atoms with Crippen LogP contribution < -0.4 is 0 Å². The molecule has 5 nitrogen and oxygen atoms in total. The molecule has 1 amide bonds. The highest BCUT2D eigenvalue weighted by molar-refractivity contribution is 7.92. The highest BCUT2D eigenvalue weighted by Gasteiger charge is 2.32. The molecular weight excluding hydrogens is 336 g/mol. The van der Waals surface area contributed by atoms with Gasteiger partial charge in [-0.1, -0.05) is 18.2 Å². The number of amides is 1. The minimum atomic E-state index is -3.36. The number of nitrogens with zero attached hydrogens (tertiary/aromatic N) is 2. The zero-order valence-electron chi connectivity index (χ0n) is 13.6. The van der Waals surface area contributed by atoms with Crippen molar-refractivity contribution in [3.63, 3.8) is 0 Å². The average molecular weight is 354 g/mol. The smallest absolute Gasteiger partial charge is 0.253 e. The lowest BCUT2D eigenvalue weighted by Crippen LogP contribution is -2.42. The van der Waals surface area contributed by atoms with Crippen LogP contribution in [0, 0.1) is 11.3 Å². The third-order valence-corrected chi connectivity index (χ3v) is 6.78. The molecule has 0 unspecified atom stereocenters. The summed E-state index contributed by atoms with van der Waals surface area (Å²) in [5.41, 5.74) is 1.02. The summed E-state index contributed by atoms with van der Waals surface area (Å²) in [5, 5.41) is 8.35. The van der Waals surface area contributed by atoms with Gasteiger partial charge in [-0.05, 0) is 49.2 Å². The normalized spacial score (nSPS) is 15.6. The van der Waals surface area contributed by atoms with Crippen molar-refractivity contribution in [1.82, 2.24) is 4.90 Å². The van der Waals surface area contributed by atoms with E-state index in [2.05, 4.69) is 0 Å². The SMILES string of the molecule is N#Cc1ccc(C(=O)N2CCC(S(=O)(=O)c3ccccc3)CC2)cc1. The van der Waals surface area contributed by atoms with Crippen LogP contribution in [0.15, 0.2) is 59.5 Å². The first kappa shape index (κ1) is 17.2. The number of likely N-dealkylation sites (tertiary alicyclic amines) is 1. The molecule has 0 aliphatic carbocycles. The van der Waals surface area contributed by atoms with Crippen LogP contribution in [-0.2, 0) is 9.84 Å². The Morgan fingerprint density at radius 1 is 1.00 bits per heavy atom. The Kier molecular flexibility index (Phi) is 4.86. The van der Waals surface area contributed by atoms with Gasteiger partial charge in [0.1, 0.15) is 0 Å². The molecule has 25 heavy (non-hydrogen) atoms. The zero-order valence-corrected chi connectivity index (χ0v) is 14.4. The molecule has 0 spiro atoms. The van der Waals surface area contributed by atoms with Crippen molar-refractivity contribution in [3.8, 4) is 6.07 Å². The number of hydrogen-bond donors (Lipinski definition) is 0. The summed E-state index contributed by atoms with van der Waals surface area (Å²) in [6.45, 7) is 0.825. The van der Waals surface area contributed by atoms with Gasteiger partial charge in [-0.3, -0.25) is 4.79 Å². The van der Waals surface area contributed by atoms with Gasteiger partial charge in [-0.25, -0.2) is 8.42 Å². The fraction of sp³-hybridized carbons (Fsp3) is 0.263. The van der Waals surface area contributed by atoms with E-state index in [1.807, 2.05) is 6.07 Å². The molecule has 2 aromatic carbocycles. The summed E-state index contributed by atoms with van der Waals surface area (Å²) in [6, 6.07) is 17.0. The van der Waals surface area contributed by atoms with Crippen LogP contribution in [0.1, 0.15) is 28.8 Å². The topological polar surface area (TPSA) is 78.2 Å². The summed E-state index contributed by atoms with van der Waals surface area (Å²) in [4.78, 5) is 14.5. The molecule has 1 saturated heterocycles. The standard InChI is InChI=1S/C19H18N2O3S/c20-14-15-6-8-16(9-7-15)19(22)21-12-10-18(11-13-21)25(23,24)17-4-2-1-3-5-17/h1-9,18H,10-13H2. The van der Waals surface area contributed by atoms with E-state index in [4.69, 9.17) is 5.26 Å². The van der Waals surface area contributed by atoms with Crippen molar-refractivity contribution in [2.75, 3.05) is 13.1 Å². The quantitative estimate of drug-likeness (QED) is 0.849. The Morgan fingerprint density at radius 2 is 1.60 bits per heavy atom. The van der Waals surface area contributed by atoms with Crippen molar-refractivity contribution in [1.29, 1.82) is 5.26 Å². The van der Waals surface area contributed by atoms with Crippen LogP contribution in [0.5, 0.6) is 0 Å². The largest absolute Gasteiger partial charge is 0.339 e. The summed E-state index contributed by atoms with van der Waals surface area (Å²) < 4.78 is 25.3. The molecule has 0 aromatic heterocycles. The Balaban J connectivity index is 1.67. The lowest BCUT2D eigenvalue weighted by Gasteiger charge is -2.31. The predicted molar refractivity (Wildman–Crippen MR) is 93.7 cm³/mol. The second-order valence-electron chi connectivity index (χ2n) is 6.04. The second-order valence-corrected chi connectivity index (χ2v) is 8.27. The van der Waals surface area contributed by atoms with E-state index in [0.717, 1.165) is 0 Å². The summed E-state index contributed by atoms with van der Waals surface area (Å²) in [6.07, 6.45) is 0.860. The van der Waals surface area contributed by atoms with Gasteiger partial charge in [-0.15, -0.1) is 0 Å². The van der Waals surface area contributed by atoms with Crippen molar-refractivity contribution in [2.24, 2.45) is 0 Å². The Morgan fingerprint density at radius 3 is 2.16 bits per heavy atom. The highest BCUT2D eigenvalue weighted by atomic mass is 32.2. The third kappa shape index (κ3) is 3.57. The van der Waals surface area contributed by atoms with E-state index in [9.17, 15) is 13.2 Å². The molecule has 128 valence electrons. The Bertz CT molecular complexity index is 892. The molecule has 0 radical (unpaired) electrons. The molecule has 0 atom stereocenters. The fourth-order valence-corrected chi connectivity index (χ4v) is 4.79. The summed E-state index contributed by atoms with van der Waals surface area (Å²) in [7, 11) is -3.36. The number of carbonyl (C=O) groups excluding carboxylic acids is 1. The van der Waals surface area contributed by atoms with Gasteiger partial charge in [0.15, 0.2) is 9.84 Å². The minimum Gasteiger partial charge on any atom is -0.339 e. The van der Waals surface area contributed by atoms with Crippen molar-refractivity contribution in [2.45, 2.75) is 23.0 Å². The molecule has 0 N–H and O–H groups in total. The van der Waals surface area contributed by atoms with Crippen LogP contribution >= 0.6 is 0 Å². The van der Waals surface area contributed by atoms with Gasteiger partial charge in [0.2, 0.25) is 0 Å². The van der Waals surface area contributed by atoms with E-state index in [1.165, 1.54) is 0 Å². The maximum Gasteiger partial charge on any atom is 0.253 e. The molecule has 2 aromatic rings. The molecule has 1 aliphatic rings. The van der Waals surface area contributed by atoms with E-state index in [1.54, 1.807) is 59.5 Å². The first-order valence-electron chi connectivity index (χ1n) is 8.11. The van der Waals surface area contributed by atoms with E-state index in [-0.39, 0.29) is 5.91 Å². The molecule has 0 saturated carbocycles. The van der Waals surface area contributed by atoms with Gasteiger partial charge >= 0.3 is 0 Å². The molecule has 0 bridgehead atoms. The van der Waals surface area contributed by atoms with Crippen molar-refractivity contribution >= 4 is 15.7 Å². The molecule has 3 rings (SSSR count). The third-order valence-electron chi connectivity index (χ3n) is 4.50. The Hall–Kier alpha value is -2.65. The van der Waals surface area contributed by atoms with Gasteiger partial charge in [0, 0.05) is 18.7 Å². The lowest BCUT2D eigenvalue weighted by atomic mass is 10.1. The van der Waals surface area contributed by atoms with Crippen LogP contribution in [0.2, 0.25) is 0 Å². The van der Waals surface area contributed by atoms with Crippen LogP contribution in [-0.4, -0.2) is 37.6 Å². The second kappa shape index (κ2) is 7.08. The summed E-state index contributed by atoms with van der Waals surface area (Å²) >= 11 is 0. The Labute approximate surface area is 147 Å². The zero-order chi connectivity index (χ0) is 17.9. The van der Waals surface area contributed by atoms with Crippen LogP contribution in [0.3, 0.4) is 0 Å². The summed E-state index contributed by atoms with van der Waals surface area (Å²) in [5.74, 6) is -0.125. The number of benzene rings is 2. The first-order chi connectivity index (χ1) is 12.0. The number of carbonyl (C=O) groups is 1. The number of rotatable bonds is 3. The molecule has 1 fully saturated rings. The lowest BCUT2D eigenvalue weighted by molar-refractivity contribution is 0.0725. The fourth-order valence-electron chi connectivity index (χ4n) is 3.04. The molecular formula is C19H18N2O3S. The monoisotopic (exact) mass is 354 g/mol. The van der Waals surface area contributed by atoms with Crippen LogP contribution in [0.25, 0.3) is 0 Å². The molecule has 6 heteroatoms. The highest BCUT2D eigenvalue weighted by Crippen LogP contribution is 2.25. The number of sulfone groups is 1. The van der Waals surface area contributed by atoms with E-state index < -0.39 is 15.1 Å². The van der Waals surface area contributed by atoms with E-state index in [0.29, 0.717) is 42.0 Å². The maximum atomic E-state index is 12.7. The molecule has 1 heterocycles. The number of piperidine rings is 1. The predicted octanol–water partition coefficient (Wildman–Crippen LogP) is 2.64. The van der Waals surface area contributed by atoms with Gasteiger partial charge < -0.3 is 4.90 Å².